The van der Waals surface area contributed by atoms with Gasteiger partial charge in [-0.25, -0.2) is 16.8 Å². The predicted molar refractivity (Wildman–Crippen MR) is 86.0 cm³/mol. The molecule has 0 bridgehead atoms. The van der Waals surface area contributed by atoms with Crippen LogP contribution in [0.25, 0.3) is 0 Å². The molecule has 9 heteroatoms. The van der Waals surface area contributed by atoms with E-state index in [-0.39, 0.29) is 41.8 Å². The normalized spacial score (nSPS) is 18.5. The minimum absolute atomic E-state index is 0.0174. The van der Waals surface area contributed by atoms with Crippen LogP contribution in [-0.4, -0.2) is 57.4 Å². The summed E-state index contributed by atoms with van der Waals surface area (Å²) in [4.78, 5) is 0.0616. The third-order valence-corrected chi connectivity index (χ3v) is 7.92. The van der Waals surface area contributed by atoms with Crippen LogP contribution in [0.5, 0.6) is 0 Å². The van der Waals surface area contributed by atoms with Crippen molar-refractivity contribution in [2.45, 2.75) is 18.7 Å². The molecule has 0 aromatic heterocycles. The summed E-state index contributed by atoms with van der Waals surface area (Å²) in [6.45, 7) is 4.00. The summed E-state index contributed by atoms with van der Waals surface area (Å²) in [6, 6.07) is 4.78. The largest absolute Gasteiger partial charge is 0.244 e. The number of hydrogen-bond acceptors (Lipinski definition) is 4. The van der Waals surface area contributed by atoms with Gasteiger partial charge in [-0.1, -0.05) is 17.7 Å². The highest BCUT2D eigenvalue weighted by atomic mass is 35.5. The van der Waals surface area contributed by atoms with E-state index < -0.39 is 20.0 Å². The topological polar surface area (TPSA) is 74.8 Å². The molecule has 2 rings (SSSR count). The number of nitrogens with zero attached hydrogens (tertiary/aromatic N) is 2. The number of aryl methyl sites for hydroxylation is 1. The summed E-state index contributed by atoms with van der Waals surface area (Å²) in [5, 5.41) is 0.184. The van der Waals surface area contributed by atoms with Crippen molar-refractivity contribution in [2.24, 2.45) is 0 Å². The molecule has 1 aliphatic rings. The monoisotopic (exact) mass is 366 g/mol. The highest BCUT2D eigenvalue weighted by Crippen LogP contribution is 2.26. The highest BCUT2D eigenvalue weighted by Gasteiger charge is 2.33. The molecule has 1 aromatic carbocycles. The molecular weight excluding hydrogens is 348 g/mol. The summed E-state index contributed by atoms with van der Waals surface area (Å²) in [6.07, 6.45) is 0. The molecule has 0 amide bonds. The first-order valence-corrected chi connectivity index (χ1v) is 10.4. The molecule has 1 fully saturated rings. The third-order valence-electron chi connectivity index (χ3n) is 3.66. The Kier molecular flexibility index (Phi) is 5.18. The molecule has 22 heavy (non-hydrogen) atoms. The van der Waals surface area contributed by atoms with Gasteiger partial charge in [-0.15, -0.1) is 0 Å². The molecule has 0 aliphatic carbocycles. The molecular formula is C13H19ClN2O4S2. The number of sulfonamides is 2. The molecule has 0 spiro atoms. The molecule has 124 valence electrons. The van der Waals surface area contributed by atoms with Gasteiger partial charge in [-0.3, -0.25) is 0 Å². The van der Waals surface area contributed by atoms with Crippen LogP contribution in [0.3, 0.4) is 0 Å². The maximum Gasteiger partial charge on any atom is 0.244 e. The molecule has 1 aliphatic heterocycles. The van der Waals surface area contributed by atoms with Gasteiger partial charge in [0.1, 0.15) is 4.90 Å². The van der Waals surface area contributed by atoms with Crippen molar-refractivity contribution in [3.8, 4) is 0 Å². The van der Waals surface area contributed by atoms with E-state index in [1.165, 1.54) is 14.7 Å². The van der Waals surface area contributed by atoms with Gasteiger partial charge >= 0.3 is 0 Å². The van der Waals surface area contributed by atoms with Gasteiger partial charge in [0, 0.05) is 26.2 Å². The van der Waals surface area contributed by atoms with E-state index in [1.807, 2.05) is 6.92 Å². The number of piperazine rings is 1. The minimum Gasteiger partial charge on any atom is -0.212 e. The van der Waals surface area contributed by atoms with Crippen LogP contribution in [0.4, 0.5) is 0 Å². The Bertz CT molecular complexity index is 754. The van der Waals surface area contributed by atoms with Gasteiger partial charge in [-0.05, 0) is 31.5 Å². The molecule has 0 unspecified atom stereocenters. The van der Waals surface area contributed by atoms with Crippen LogP contribution in [0.1, 0.15) is 12.5 Å². The predicted octanol–water partition coefficient (Wildman–Crippen LogP) is 1.30. The standard InChI is InChI=1S/C13H19ClN2O4S2/c1-3-21(17,18)15-6-8-16(9-7-15)22(19,20)13-5-4-11(2)10-12(13)14/h4-5,10H,3,6-9H2,1-2H3. The van der Waals surface area contributed by atoms with Crippen LogP contribution in [-0.2, 0) is 20.0 Å². The lowest BCUT2D eigenvalue weighted by Gasteiger charge is -2.33. The van der Waals surface area contributed by atoms with Gasteiger partial charge in [0.05, 0.1) is 10.8 Å². The second kappa shape index (κ2) is 6.45. The molecule has 0 N–H and O–H groups in total. The second-order valence-corrected chi connectivity index (χ2v) is 9.71. The van der Waals surface area contributed by atoms with Gasteiger partial charge in [-0.2, -0.15) is 8.61 Å². The van der Waals surface area contributed by atoms with E-state index in [2.05, 4.69) is 0 Å². The van der Waals surface area contributed by atoms with Gasteiger partial charge in [0.15, 0.2) is 0 Å². The van der Waals surface area contributed by atoms with Crippen LogP contribution < -0.4 is 0 Å². The van der Waals surface area contributed by atoms with E-state index >= 15 is 0 Å². The van der Waals surface area contributed by atoms with Crippen molar-refractivity contribution < 1.29 is 16.8 Å². The Labute approximate surface area is 136 Å². The molecule has 0 saturated carbocycles. The van der Waals surface area contributed by atoms with Crippen LogP contribution in [0.2, 0.25) is 5.02 Å². The fourth-order valence-corrected chi connectivity index (χ4v) is 5.40. The average Bonchev–Trinajstić information content (AvgIpc) is 2.47. The molecule has 1 heterocycles. The fraction of sp³-hybridized carbons (Fsp3) is 0.538. The maximum atomic E-state index is 12.6. The Morgan fingerprint density at radius 2 is 1.59 bits per heavy atom. The summed E-state index contributed by atoms with van der Waals surface area (Å²) in [5.74, 6) is 0.0174. The lowest BCUT2D eigenvalue weighted by atomic mass is 10.2. The number of halogens is 1. The zero-order valence-electron chi connectivity index (χ0n) is 12.5. The van der Waals surface area contributed by atoms with Crippen molar-refractivity contribution in [3.63, 3.8) is 0 Å². The van der Waals surface area contributed by atoms with E-state index in [0.29, 0.717) is 0 Å². The molecule has 6 nitrogen and oxygen atoms in total. The van der Waals surface area contributed by atoms with Crippen LogP contribution >= 0.6 is 11.6 Å². The van der Waals surface area contributed by atoms with Gasteiger partial charge in [0.25, 0.3) is 0 Å². The Balaban J connectivity index is 2.20. The lowest BCUT2D eigenvalue weighted by molar-refractivity contribution is 0.273. The number of rotatable bonds is 4. The van der Waals surface area contributed by atoms with Crippen molar-refractivity contribution in [3.05, 3.63) is 28.8 Å². The summed E-state index contributed by atoms with van der Waals surface area (Å²) < 4.78 is 51.5. The van der Waals surface area contributed by atoms with E-state index in [4.69, 9.17) is 11.6 Å². The highest BCUT2D eigenvalue weighted by molar-refractivity contribution is 7.89. The summed E-state index contributed by atoms with van der Waals surface area (Å²) in [5.41, 5.74) is 0.878. The Hall–Kier alpha value is -0.670. The first kappa shape index (κ1) is 17.7. The quantitative estimate of drug-likeness (QED) is 0.805. The summed E-state index contributed by atoms with van der Waals surface area (Å²) >= 11 is 6.04. The van der Waals surface area contributed by atoms with E-state index in [1.54, 1.807) is 19.1 Å². The minimum atomic E-state index is -3.71. The summed E-state index contributed by atoms with van der Waals surface area (Å²) in [7, 11) is -6.99. The lowest BCUT2D eigenvalue weighted by Crippen LogP contribution is -2.50. The third kappa shape index (κ3) is 3.46. The van der Waals surface area contributed by atoms with E-state index in [9.17, 15) is 16.8 Å². The van der Waals surface area contributed by atoms with Crippen molar-refractivity contribution in [1.82, 2.24) is 8.61 Å². The average molecular weight is 367 g/mol. The zero-order chi connectivity index (χ0) is 16.5. The van der Waals surface area contributed by atoms with Crippen molar-refractivity contribution >= 4 is 31.6 Å². The SMILES string of the molecule is CCS(=O)(=O)N1CCN(S(=O)(=O)c2ccc(C)cc2Cl)CC1. The second-order valence-electron chi connectivity index (χ2n) is 5.14. The fourth-order valence-electron chi connectivity index (χ4n) is 2.33. The Morgan fingerprint density at radius 1 is 1.05 bits per heavy atom. The molecule has 1 saturated heterocycles. The number of benzene rings is 1. The molecule has 1 aromatic rings. The first-order chi connectivity index (χ1) is 10.2. The van der Waals surface area contributed by atoms with Gasteiger partial charge in [0.2, 0.25) is 20.0 Å². The maximum absolute atomic E-state index is 12.6. The van der Waals surface area contributed by atoms with Crippen LogP contribution in [0, 0.1) is 6.92 Å². The zero-order valence-corrected chi connectivity index (χ0v) is 14.9. The van der Waals surface area contributed by atoms with Crippen molar-refractivity contribution in [1.29, 1.82) is 0 Å². The van der Waals surface area contributed by atoms with Gasteiger partial charge < -0.3 is 0 Å². The number of hydrogen-bond donors (Lipinski definition) is 0. The van der Waals surface area contributed by atoms with Crippen LogP contribution in [0.15, 0.2) is 23.1 Å². The van der Waals surface area contributed by atoms with Crippen molar-refractivity contribution in [2.75, 3.05) is 31.9 Å². The molecule has 0 radical (unpaired) electrons. The Morgan fingerprint density at radius 3 is 2.09 bits per heavy atom. The smallest absolute Gasteiger partial charge is 0.212 e. The first-order valence-electron chi connectivity index (χ1n) is 6.92. The molecule has 0 atom stereocenters. The van der Waals surface area contributed by atoms with E-state index in [0.717, 1.165) is 5.56 Å².